The van der Waals surface area contributed by atoms with Crippen LogP contribution in [0.15, 0.2) is 35.4 Å². The number of carbonyl (C=O) groups is 1. The zero-order valence-corrected chi connectivity index (χ0v) is 15.2. The van der Waals surface area contributed by atoms with Crippen LogP contribution in [0.25, 0.3) is 0 Å². The number of hydrogen-bond acceptors (Lipinski definition) is 8. The molecule has 1 amide bonds. The number of benzene rings is 1. The largest absolute Gasteiger partial charge is 0.491 e. The molecule has 144 valence electrons. The average Bonchev–Trinajstić information content (AvgIpc) is 2.63. The average molecular weight is 373 g/mol. The lowest BCUT2D eigenvalue weighted by Gasteiger charge is -2.10. The fraction of sp³-hybridized carbons (Fsp3) is 0.294. The van der Waals surface area contributed by atoms with Crippen molar-refractivity contribution >= 4 is 11.7 Å². The fourth-order valence-corrected chi connectivity index (χ4v) is 2.22. The van der Waals surface area contributed by atoms with Crippen molar-refractivity contribution in [1.29, 1.82) is 0 Å². The van der Waals surface area contributed by atoms with Crippen LogP contribution in [0.2, 0.25) is 0 Å². The van der Waals surface area contributed by atoms with E-state index in [9.17, 15) is 4.79 Å². The summed E-state index contributed by atoms with van der Waals surface area (Å²) in [6, 6.07) is 8.67. The third-order valence-electron chi connectivity index (χ3n) is 3.31. The number of ether oxygens (including phenoxy) is 1. The lowest BCUT2D eigenvalue weighted by atomic mass is 10.2. The Morgan fingerprint density at radius 2 is 2.07 bits per heavy atom. The van der Waals surface area contributed by atoms with Crippen LogP contribution in [0.3, 0.4) is 0 Å². The summed E-state index contributed by atoms with van der Waals surface area (Å²) in [7, 11) is 1.52. The van der Waals surface area contributed by atoms with E-state index >= 15 is 0 Å². The van der Waals surface area contributed by atoms with Gasteiger partial charge in [-0.3, -0.25) is 4.79 Å². The van der Waals surface area contributed by atoms with Crippen LogP contribution < -0.4 is 21.6 Å². The van der Waals surface area contributed by atoms with Crippen molar-refractivity contribution in [3.8, 4) is 5.75 Å². The van der Waals surface area contributed by atoms with Gasteiger partial charge in [-0.2, -0.15) is 0 Å². The highest BCUT2D eigenvalue weighted by Crippen LogP contribution is 2.13. The molecule has 0 bridgehead atoms. The molecule has 1 aromatic heterocycles. The number of amides is 1. The topological polar surface area (TPSA) is 152 Å². The van der Waals surface area contributed by atoms with E-state index in [4.69, 9.17) is 21.4 Å². The second-order valence-corrected chi connectivity index (χ2v) is 5.65. The first-order valence-corrected chi connectivity index (χ1v) is 8.18. The zero-order chi connectivity index (χ0) is 19.8. The molecule has 2 aromatic rings. The number of hydrogen-bond donors (Lipinski definition) is 4. The van der Waals surface area contributed by atoms with Crippen molar-refractivity contribution in [2.45, 2.75) is 13.5 Å². The molecule has 0 aliphatic carbocycles. The number of aryl methyl sites for hydroxylation is 1. The molecule has 0 saturated carbocycles. The van der Waals surface area contributed by atoms with Gasteiger partial charge in [0.2, 0.25) is 0 Å². The van der Waals surface area contributed by atoms with Crippen LogP contribution in [-0.4, -0.2) is 52.2 Å². The van der Waals surface area contributed by atoms with Crippen LogP contribution in [0.1, 0.15) is 27.6 Å². The minimum Gasteiger partial charge on any atom is -0.491 e. The molecule has 10 nitrogen and oxygen atoms in total. The monoisotopic (exact) mass is 373 g/mol. The molecule has 0 saturated heterocycles. The second kappa shape index (κ2) is 9.46. The second-order valence-electron chi connectivity index (χ2n) is 5.65. The molecular formula is C17H23N7O3. The van der Waals surface area contributed by atoms with Crippen molar-refractivity contribution < 1.29 is 14.6 Å². The van der Waals surface area contributed by atoms with Crippen molar-refractivity contribution in [2.75, 3.05) is 20.3 Å². The number of hydrazone groups is 1. The molecule has 0 radical (unpaired) electrons. The van der Waals surface area contributed by atoms with Crippen LogP contribution >= 0.6 is 0 Å². The molecule has 0 spiro atoms. The molecule has 0 aliphatic rings. The molecule has 0 atom stereocenters. The first kappa shape index (κ1) is 20.1. The molecule has 0 unspecified atom stereocenters. The van der Waals surface area contributed by atoms with E-state index in [1.807, 2.05) is 12.1 Å². The summed E-state index contributed by atoms with van der Waals surface area (Å²) in [5, 5.41) is 16.5. The summed E-state index contributed by atoms with van der Waals surface area (Å²) < 4.78 is 5.35. The van der Waals surface area contributed by atoms with Gasteiger partial charge in [-0.25, -0.2) is 20.9 Å². The van der Waals surface area contributed by atoms with Gasteiger partial charge in [0.25, 0.3) is 5.91 Å². The van der Waals surface area contributed by atoms with Gasteiger partial charge < -0.3 is 20.9 Å². The Morgan fingerprint density at radius 1 is 1.33 bits per heavy atom. The first-order valence-electron chi connectivity index (χ1n) is 8.18. The number of rotatable bonds is 8. The Labute approximate surface area is 156 Å². The molecule has 0 fully saturated rings. The van der Waals surface area contributed by atoms with Gasteiger partial charge in [-0.05, 0) is 30.7 Å². The van der Waals surface area contributed by atoms with Gasteiger partial charge >= 0.3 is 0 Å². The van der Waals surface area contributed by atoms with E-state index < -0.39 is 0 Å². The van der Waals surface area contributed by atoms with Crippen molar-refractivity contribution in [3.63, 3.8) is 0 Å². The standard InChI is InChI=1S/C17H23N7O3/c1-11-21-14(16(18)23-24(2)19)9-15(22-11)17(26)20-10-12-4-3-5-13(8-12)27-7-6-25/h3-5,8-9,25H,6-7,10,19H2,1-2H3,(H2,18,23)(H,20,26). The highest BCUT2D eigenvalue weighted by Gasteiger charge is 2.13. The molecule has 1 aromatic carbocycles. The van der Waals surface area contributed by atoms with E-state index in [1.54, 1.807) is 19.1 Å². The lowest BCUT2D eigenvalue weighted by Crippen LogP contribution is -2.28. The van der Waals surface area contributed by atoms with Gasteiger partial charge in [0.15, 0.2) is 5.84 Å². The molecule has 0 aliphatic heterocycles. The number of aliphatic hydroxyl groups is 1. The highest BCUT2D eigenvalue weighted by molar-refractivity contribution is 5.99. The molecule has 2 rings (SSSR count). The van der Waals surface area contributed by atoms with Crippen LogP contribution in [-0.2, 0) is 6.54 Å². The summed E-state index contributed by atoms with van der Waals surface area (Å²) in [5.41, 5.74) is 7.15. The van der Waals surface area contributed by atoms with Crippen molar-refractivity contribution in [1.82, 2.24) is 20.4 Å². The summed E-state index contributed by atoms with van der Waals surface area (Å²) in [4.78, 5) is 20.7. The quantitative estimate of drug-likeness (QED) is 0.209. The van der Waals surface area contributed by atoms with Crippen LogP contribution in [0.5, 0.6) is 5.75 Å². The minimum atomic E-state index is -0.377. The first-order chi connectivity index (χ1) is 12.9. The van der Waals surface area contributed by atoms with Crippen molar-refractivity contribution in [2.24, 2.45) is 16.7 Å². The molecule has 10 heteroatoms. The number of nitrogens with two attached hydrogens (primary N) is 2. The summed E-state index contributed by atoms with van der Waals surface area (Å²) in [6.45, 7) is 2.08. The minimum absolute atomic E-state index is 0.0667. The predicted octanol–water partition coefficient (Wildman–Crippen LogP) is -0.488. The van der Waals surface area contributed by atoms with Gasteiger partial charge in [-0.15, -0.1) is 5.10 Å². The summed E-state index contributed by atoms with van der Waals surface area (Å²) in [6.07, 6.45) is 0. The van der Waals surface area contributed by atoms with Crippen LogP contribution in [0, 0.1) is 6.92 Å². The SMILES string of the molecule is Cc1nc(C(=O)NCc2cccc(OCCO)c2)cc(/C(N)=N/N(C)N)n1. The summed E-state index contributed by atoms with van der Waals surface area (Å²) >= 11 is 0. The number of aromatic nitrogens is 2. The van der Waals surface area contributed by atoms with E-state index in [0.29, 0.717) is 17.3 Å². The number of aliphatic hydroxyl groups excluding tert-OH is 1. The molecule has 27 heavy (non-hydrogen) atoms. The predicted molar refractivity (Wildman–Crippen MR) is 99.6 cm³/mol. The third kappa shape index (κ3) is 6.20. The van der Waals surface area contributed by atoms with E-state index in [2.05, 4.69) is 20.4 Å². The number of carbonyl (C=O) groups excluding carboxylic acids is 1. The molecule has 6 N–H and O–H groups in total. The maximum Gasteiger partial charge on any atom is 0.270 e. The van der Waals surface area contributed by atoms with Gasteiger partial charge in [0.05, 0.1) is 6.61 Å². The number of hydrazine groups is 1. The number of nitrogens with zero attached hydrogens (tertiary/aromatic N) is 4. The molecular weight excluding hydrogens is 350 g/mol. The van der Waals surface area contributed by atoms with Crippen molar-refractivity contribution in [3.05, 3.63) is 53.1 Å². The maximum absolute atomic E-state index is 12.4. The number of nitrogens with one attached hydrogen (secondary N) is 1. The van der Waals surface area contributed by atoms with Gasteiger partial charge in [0.1, 0.15) is 29.6 Å². The molecule has 1 heterocycles. The smallest absolute Gasteiger partial charge is 0.270 e. The van der Waals surface area contributed by atoms with Gasteiger partial charge in [-0.1, -0.05) is 12.1 Å². The van der Waals surface area contributed by atoms with Gasteiger partial charge in [0, 0.05) is 13.6 Å². The Kier molecular flexibility index (Phi) is 7.03. The van der Waals surface area contributed by atoms with E-state index in [1.165, 1.54) is 13.1 Å². The third-order valence-corrected chi connectivity index (χ3v) is 3.31. The Hall–Kier alpha value is -3.24. The lowest BCUT2D eigenvalue weighted by molar-refractivity contribution is 0.0945. The van der Waals surface area contributed by atoms with E-state index in [-0.39, 0.29) is 37.2 Å². The Bertz CT molecular complexity index is 824. The Balaban J connectivity index is 2.09. The van der Waals surface area contributed by atoms with E-state index in [0.717, 1.165) is 10.7 Å². The fourth-order valence-electron chi connectivity index (χ4n) is 2.22. The number of amidine groups is 1. The van der Waals surface area contributed by atoms with Crippen LogP contribution in [0.4, 0.5) is 0 Å². The summed E-state index contributed by atoms with van der Waals surface area (Å²) in [5.74, 6) is 6.14. The maximum atomic E-state index is 12.4. The zero-order valence-electron chi connectivity index (χ0n) is 15.2. The normalized spacial score (nSPS) is 11.2. The Morgan fingerprint density at radius 3 is 2.78 bits per heavy atom. The highest BCUT2D eigenvalue weighted by atomic mass is 16.5.